The van der Waals surface area contributed by atoms with Gasteiger partial charge in [0.15, 0.2) is 52.0 Å². The van der Waals surface area contributed by atoms with E-state index in [9.17, 15) is 5.26 Å². The van der Waals surface area contributed by atoms with Crippen LogP contribution in [0.3, 0.4) is 0 Å². The molecule has 12 heteroatoms. The molecular formula is C100H58N12. The summed E-state index contributed by atoms with van der Waals surface area (Å²) in [5, 5.41) is 14.1. The molecule has 0 unspecified atom stereocenters. The van der Waals surface area contributed by atoms with Gasteiger partial charge in [0.1, 0.15) is 0 Å². The Morgan fingerprint density at radius 3 is 0.795 bits per heavy atom. The number of aromatic nitrogens is 8. The van der Waals surface area contributed by atoms with Gasteiger partial charge >= 0.3 is 0 Å². The van der Waals surface area contributed by atoms with E-state index in [1.807, 2.05) is 218 Å². The van der Waals surface area contributed by atoms with Gasteiger partial charge in [0.05, 0.1) is 64.8 Å². The molecule has 0 amide bonds. The fraction of sp³-hybridized carbons (Fsp3) is 0. The molecule has 0 aliphatic carbocycles. The molecule has 0 fully saturated rings. The van der Waals surface area contributed by atoms with Crippen molar-refractivity contribution in [3.05, 3.63) is 392 Å². The second-order valence-corrected chi connectivity index (χ2v) is 27.4. The van der Waals surface area contributed by atoms with Crippen LogP contribution in [0.15, 0.2) is 352 Å². The number of hydrogen-bond acceptors (Lipinski definition) is 7. The van der Waals surface area contributed by atoms with Gasteiger partial charge in [0.2, 0.25) is 0 Å². The molecule has 518 valence electrons. The van der Waals surface area contributed by atoms with E-state index in [-0.39, 0.29) is 0 Å². The van der Waals surface area contributed by atoms with Crippen molar-refractivity contribution in [3.8, 4) is 153 Å². The molecule has 4 heterocycles. The van der Waals surface area contributed by atoms with Crippen molar-refractivity contribution >= 4 is 60.7 Å². The topological polar surface area (TPSA) is 124 Å². The highest BCUT2D eigenvalue weighted by Crippen LogP contribution is 2.46. The molecular weight excluding hydrogens is 1370 g/mol. The first kappa shape index (κ1) is 66.6. The average molecular weight is 1430 g/mol. The van der Waals surface area contributed by atoms with E-state index in [2.05, 4.69) is 163 Å². The lowest BCUT2D eigenvalue weighted by Crippen LogP contribution is -2.02. The first-order valence-corrected chi connectivity index (χ1v) is 36.5. The summed E-state index contributed by atoms with van der Waals surface area (Å²) < 4.78 is 4.70. The Morgan fingerprint density at radius 2 is 0.482 bits per heavy atom. The van der Waals surface area contributed by atoms with Crippen LogP contribution in [0, 0.1) is 31.0 Å². The summed E-state index contributed by atoms with van der Waals surface area (Å²) in [6.45, 7) is 23.9. The first-order valence-electron chi connectivity index (χ1n) is 36.5. The number of benzene rings is 15. The van der Waals surface area contributed by atoms with Crippen LogP contribution in [0.2, 0.25) is 0 Å². The van der Waals surface area contributed by atoms with E-state index in [0.29, 0.717) is 57.6 Å². The molecule has 0 radical (unpaired) electrons. The maximum absolute atomic E-state index is 10.1. The third-order valence-corrected chi connectivity index (χ3v) is 20.7. The van der Waals surface area contributed by atoms with Crippen LogP contribution in [0.1, 0.15) is 5.56 Å². The number of hydrogen-bond donors (Lipinski definition) is 0. The molecule has 0 atom stereocenters. The molecule has 12 nitrogen and oxygen atoms in total. The maximum atomic E-state index is 10.1. The molecule has 0 N–H and O–H groups in total. The van der Waals surface area contributed by atoms with E-state index in [1.54, 1.807) is 0 Å². The van der Waals surface area contributed by atoms with Gasteiger partial charge in [0, 0.05) is 66.1 Å². The highest BCUT2D eigenvalue weighted by Gasteiger charge is 2.25. The normalized spacial score (nSPS) is 11.2. The lowest BCUT2D eigenvalue weighted by molar-refractivity contribution is 1.07. The average Bonchev–Trinajstić information content (AvgIpc) is 1.57. The monoisotopic (exact) mass is 1430 g/mol. The highest BCUT2D eigenvalue weighted by molar-refractivity contribution is 6.14. The van der Waals surface area contributed by atoms with Gasteiger partial charge in [-0.3, -0.25) is 0 Å². The maximum Gasteiger partial charge on any atom is 0.187 e. The zero-order valence-corrected chi connectivity index (χ0v) is 59.9. The predicted molar refractivity (Wildman–Crippen MR) is 451 cm³/mol. The first-order chi connectivity index (χ1) is 55.3. The largest absolute Gasteiger partial charge is 0.309 e. The number of rotatable bonds is 14. The summed E-state index contributed by atoms with van der Waals surface area (Å²) in [6.07, 6.45) is 0. The van der Waals surface area contributed by atoms with Gasteiger partial charge in [-0.1, -0.05) is 231 Å². The lowest BCUT2D eigenvalue weighted by atomic mass is 9.94. The van der Waals surface area contributed by atoms with E-state index in [4.69, 9.17) is 49.6 Å². The van der Waals surface area contributed by atoms with Crippen LogP contribution in [-0.2, 0) is 0 Å². The minimum Gasteiger partial charge on any atom is -0.309 e. The summed E-state index contributed by atoms with van der Waals surface area (Å²) in [7, 11) is 0. The van der Waals surface area contributed by atoms with Crippen molar-refractivity contribution < 1.29 is 0 Å². The Labute approximate surface area is 645 Å². The second kappa shape index (κ2) is 28.3. The third-order valence-electron chi connectivity index (χ3n) is 20.7. The molecule has 0 saturated carbocycles. The van der Waals surface area contributed by atoms with E-state index in [1.165, 1.54) is 0 Å². The summed E-state index contributed by atoms with van der Waals surface area (Å²) in [4.78, 5) is 43.0. The molecule has 19 aromatic rings. The molecule has 0 aliphatic rings. The number of nitrogens with zero attached hydrogens (tertiary/aromatic N) is 12. The third kappa shape index (κ3) is 12.4. The van der Waals surface area contributed by atoms with E-state index < -0.39 is 0 Å². The minimum absolute atomic E-state index is 0.488. The van der Waals surface area contributed by atoms with Crippen molar-refractivity contribution in [1.82, 2.24) is 39.0 Å². The summed E-state index contributed by atoms with van der Waals surface area (Å²) in [6, 6.07) is 121. The van der Waals surface area contributed by atoms with Gasteiger partial charge in [-0.05, 0) is 177 Å². The molecule has 0 aliphatic heterocycles. The Morgan fingerprint density at radius 1 is 0.223 bits per heavy atom. The van der Waals surface area contributed by atoms with Gasteiger partial charge < -0.3 is 9.13 Å². The smallest absolute Gasteiger partial charge is 0.187 e. The molecule has 0 spiro atoms. The van der Waals surface area contributed by atoms with Gasteiger partial charge in [-0.15, -0.1) is 0 Å². The van der Waals surface area contributed by atoms with Crippen molar-refractivity contribution in [3.63, 3.8) is 0 Å². The van der Waals surface area contributed by atoms with Crippen LogP contribution in [0.5, 0.6) is 0 Å². The lowest BCUT2D eigenvalue weighted by Gasteiger charge is -2.19. The molecule has 19 rings (SSSR count). The quantitative estimate of drug-likeness (QED) is 0.0993. The van der Waals surface area contributed by atoms with Crippen LogP contribution in [0.4, 0.5) is 17.1 Å². The minimum atomic E-state index is 0.488. The molecule has 15 aromatic carbocycles. The zero-order valence-electron chi connectivity index (χ0n) is 59.9. The summed E-state index contributed by atoms with van der Waals surface area (Å²) in [5.41, 5.74) is 23.7. The molecule has 112 heavy (non-hydrogen) atoms. The fourth-order valence-electron chi connectivity index (χ4n) is 15.2. The molecule has 0 saturated heterocycles. The summed E-state index contributed by atoms with van der Waals surface area (Å²) in [5.74, 6) is 3.11. The predicted octanol–water partition coefficient (Wildman–Crippen LogP) is 25.8. The standard InChI is InChI=1S/C100H58N12/c1-102-80-36-18-31-69(53-80)73-40-46-92-86(57-73)85-56-72(68-30-16-21-63(51-68)62-101)39-45-91(85)111(92)89-49-43-78(99-107-95(64-22-8-4-9-23-64)105-96(108-99)65-24-10-5-11-25-65)60-83(89)76-34-17-35-77(52-76)84-61-79(100-109-97(66-26-12-6-13-27-66)106-98(110-100)67-28-14-7-15-29-67)44-50-90(84)112-93-47-41-74(70-32-19-37-81(54-70)103-2)58-87(93)88-59-75(42-48-94(88)112)71-33-20-38-82(55-71)104-3/h4-61H. The molecule has 4 aromatic heterocycles. The van der Waals surface area contributed by atoms with Crippen molar-refractivity contribution in [2.45, 2.75) is 0 Å². The number of fused-ring (bicyclic) bond motifs is 6. The van der Waals surface area contributed by atoms with Crippen LogP contribution < -0.4 is 0 Å². The van der Waals surface area contributed by atoms with E-state index in [0.717, 1.165) is 155 Å². The Kier molecular flexibility index (Phi) is 16.8. The Bertz CT molecular complexity index is 6410. The Hall–Kier alpha value is -16.1. The fourth-order valence-corrected chi connectivity index (χ4v) is 15.2. The van der Waals surface area contributed by atoms with Crippen LogP contribution in [0.25, 0.3) is 205 Å². The van der Waals surface area contributed by atoms with Crippen molar-refractivity contribution in [1.29, 1.82) is 5.26 Å². The van der Waals surface area contributed by atoms with Gasteiger partial charge in [-0.2, -0.15) is 5.26 Å². The van der Waals surface area contributed by atoms with Crippen LogP contribution in [-0.4, -0.2) is 39.0 Å². The highest BCUT2D eigenvalue weighted by atomic mass is 15.1. The van der Waals surface area contributed by atoms with Crippen molar-refractivity contribution in [2.75, 3.05) is 0 Å². The Balaban J connectivity index is 0.882. The van der Waals surface area contributed by atoms with Crippen molar-refractivity contribution in [2.24, 2.45) is 0 Å². The molecule has 0 bridgehead atoms. The summed E-state index contributed by atoms with van der Waals surface area (Å²) >= 11 is 0. The van der Waals surface area contributed by atoms with E-state index >= 15 is 0 Å². The zero-order chi connectivity index (χ0) is 75.2. The van der Waals surface area contributed by atoms with Gasteiger partial charge in [-0.25, -0.2) is 44.4 Å². The van der Waals surface area contributed by atoms with Gasteiger partial charge in [0.25, 0.3) is 0 Å². The number of nitriles is 1. The SMILES string of the molecule is [C-]#[N+]c1cccc(-c2ccc3c(c2)c2cc(-c4cccc(C#N)c4)ccc2n3-c2ccc(-c3nc(-c4ccccc4)nc(-c4ccccc4)n3)cc2-c2cccc(-c3cc(-c4nc(-c5ccccc5)nc(-c5ccccc5)n4)ccc3-n3c4ccc(-c5cccc([N+]#[C-])c5)cc4c4cc(-c5cccc([N+]#[C-])c5)ccc43)c2)c1. The van der Waals surface area contributed by atoms with Crippen LogP contribution >= 0.6 is 0 Å². The second-order valence-electron chi connectivity index (χ2n) is 27.4.